The van der Waals surface area contributed by atoms with E-state index < -0.39 is 0 Å². The number of aromatic nitrogens is 4. The summed E-state index contributed by atoms with van der Waals surface area (Å²) in [6, 6.07) is 16.6. The van der Waals surface area contributed by atoms with Gasteiger partial charge in [0, 0.05) is 43.3 Å². The lowest BCUT2D eigenvalue weighted by Gasteiger charge is -2.11. The molecule has 5 rings (SSSR count). The first-order chi connectivity index (χ1) is 13.2. The number of rotatable bonds is 3. The number of imidazole rings is 1. The average molecular weight is 371 g/mol. The average Bonchev–Trinajstić information content (AvgIpc) is 3.31. The maximum Gasteiger partial charge on any atom is 0.138 e. The van der Waals surface area contributed by atoms with E-state index in [2.05, 4.69) is 51.3 Å². The summed E-state index contributed by atoms with van der Waals surface area (Å²) in [5.41, 5.74) is 6.27. The Kier molecular flexibility index (Phi) is 3.65. The van der Waals surface area contributed by atoms with Crippen molar-refractivity contribution in [2.75, 3.05) is 19.0 Å². The van der Waals surface area contributed by atoms with Crippen molar-refractivity contribution in [2.45, 2.75) is 0 Å². The molecule has 3 heterocycles. The predicted octanol–water partition coefficient (Wildman–Crippen LogP) is 4.97. The van der Waals surface area contributed by atoms with E-state index in [1.165, 1.54) is 5.69 Å². The Labute approximate surface area is 160 Å². The van der Waals surface area contributed by atoms with E-state index in [-0.39, 0.29) is 0 Å². The van der Waals surface area contributed by atoms with Crippen LogP contribution < -0.4 is 4.90 Å². The molecule has 5 aromatic rings. The van der Waals surface area contributed by atoms with Crippen LogP contribution in [0.1, 0.15) is 0 Å². The molecule has 0 fully saturated rings. The molecule has 0 atom stereocenters. The lowest BCUT2D eigenvalue weighted by molar-refractivity contribution is 1.13. The lowest BCUT2D eigenvalue weighted by atomic mass is 10.2. The Morgan fingerprint density at radius 3 is 2.48 bits per heavy atom. The molecule has 5 nitrogen and oxygen atoms in total. The molecular weight excluding hydrogens is 354 g/mol. The van der Waals surface area contributed by atoms with Gasteiger partial charge in [-0.25, -0.2) is 9.97 Å². The van der Waals surface area contributed by atoms with Crippen molar-refractivity contribution in [3.8, 4) is 22.0 Å². The van der Waals surface area contributed by atoms with Crippen molar-refractivity contribution in [1.29, 1.82) is 0 Å². The second-order valence-electron chi connectivity index (χ2n) is 6.62. The van der Waals surface area contributed by atoms with Gasteiger partial charge in [-0.2, -0.15) is 0 Å². The van der Waals surface area contributed by atoms with E-state index in [0.29, 0.717) is 0 Å². The van der Waals surface area contributed by atoms with Crippen LogP contribution in [0.5, 0.6) is 0 Å². The number of pyridine rings is 1. The third-order valence-corrected chi connectivity index (χ3v) is 5.63. The number of thiazole rings is 1. The van der Waals surface area contributed by atoms with Gasteiger partial charge in [0.15, 0.2) is 0 Å². The third kappa shape index (κ3) is 2.84. The van der Waals surface area contributed by atoms with Gasteiger partial charge in [-0.3, -0.25) is 4.98 Å². The lowest BCUT2D eigenvalue weighted by Crippen LogP contribution is -2.07. The molecular formula is C21H17N5S. The molecule has 132 valence electrons. The van der Waals surface area contributed by atoms with Crippen LogP contribution in [-0.4, -0.2) is 34.0 Å². The second kappa shape index (κ2) is 6.17. The van der Waals surface area contributed by atoms with Crippen LogP contribution in [0, 0.1) is 0 Å². The zero-order valence-electron chi connectivity index (χ0n) is 15.0. The molecule has 0 aliphatic carbocycles. The molecule has 3 aromatic heterocycles. The van der Waals surface area contributed by atoms with E-state index >= 15 is 0 Å². The van der Waals surface area contributed by atoms with Gasteiger partial charge >= 0.3 is 0 Å². The summed E-state index contributed by atoms with van der Waals surface area (Å²) in [7, 11) is 4.08. The molecule has 0 bridgehead atoms. The first-order valence-corrected chi connectivity index (χ1v) is 9.47. The van der Waals surface area contributed by atoms with E-state index in [1.54, 1.807) is 17.5 Å². The van der Waals surface area contributed by atoms with Crippen molar-refractivity contribution in [1.82, 2.24) is 19.9 Å². The molecule has 27 heavy (non-hydrogen) atoms. The minimum atomic E-state index is 0.876. The molecule has 2 aromatic carbocycles. The number of H-pyrrole nitrogens is 1. The Bertz CT molecular complexity index is 1220. The topological polar surface area (TPSA) is 57.7 Å². The molecule has 6 heteroatoms. The van der Waals surface area contributed by atoms with E-state index in [1.807, 2.05) is 32.4 Å². The largest absolute Gasteiger partial charge is 0.378 e. The van der Waals surface area contributed by atoms with Gasteiger partial charge in [-0.05, 0) is 48.5 Å². The number of nitrogens with zero attached hydrogens (tertiary/aromatic N) is 4. The molecule has 0 radical (unpaired) electrons. The molecule has 0 spiro atoms. The monoisotopic (exact) mass is 371 g/mol. The summed E-state index contributed by atoms with van der Waals surface area (Å²) in [5.74, 6) is 0.876. The van der Waals surface area contributed by atoms with Gasteiger partial charge in [0.25, 0.3) is 0 Å². The Morgan fingerprint density at radius 1 is 0.889 bits per heavy atom. The fourth-order valence-corrected chi connectivity index (χ4v) is 4.03. The summed E-state index contributed by atoms with van der Waals surface area (Å²) in [6.45, 7) is 0. The van der Waals surface area contributed by atoms with Crippen molar-refractivity contribution < 1.29 is 0 Å². The Balaban J connectivity index is 1.54. The van der Waals surface area contributed by atoms with Crippen LogP contribution in [0.2, 0.25) is 0 Å². The number of hydrogen-bond acceptors (Lipinski definition) is 5. The molecule has 0 amide bonds. The van der Waals surface area contributed by atoms with Gasteiger partial charge < -0.3 is 9.88 Å². The quantitative estimate of drug-likeness (QED) is 0.487. The molecule has 0 unspecified atom stereocenters. The summed E-state index contributed by atoms with van der Waals surface area (Å²) in [4.78, 5) is 19.2. The van der Waals surface area contributed by atoms with E-state index in [0.717, 1.165) is 43.2 Å². The van der Waals surface area contributed by atoms with Gasteiger partial charge in [0.1, 0.15) is 10.8 Å². The molecule has 1 N–H and O–H groups in total. The maximum atomic E-state index is 4.74. The second-order valence-corrected chi connectivity index (χ2v) is 7.65. The highest BCUT2D eigenvalue weighted by Crippen LogP contribution is 2.31. The highest BCUT2D eigenvalue weighted by atomic mass is 32.1. The first-order valence-electron chi connectivity index (χ1n) is 8.66. The van der Waals surface area contributed by atoms with E-state index in [4.69, 9.17) is 9.97 Å². The fourth-order valence-electron chi connectivity index (χ4n) is 3.10. The fraction of sp³-hybridized carbons (Fsp3) is 0.0952. The van der Waals surface area contributed by atoms with Gasteiger partial charge in [0.2, 0.25) is 0 Å². The van der Waals surface area contributed by atoms with E-state index in [9.17, 15) is 0 Å². The first kappa shape index (κ1) is 16.0. The summed E-state index contributed by atoms with van der Waals surface area (Å²) < 4.78 is 1.10. The van der Waals surface area contributed by atoms with Crippen LogP contribution in [0.4, 0.5) is 5.69 Å². The number of hydrogen-bond donors (Lipinski definition) is 1. The number of aromatic amines is 1. The van der Waals surface area contributed by atoms with Crippen molar-refractivity contribution in [2.24, 2.45) is 0 Å². The van der Waals surface area contributed by atoms with Crippen LogP contribution >= 0.6 is 11.3 Å². The van der Waals surface area contributed by atoms with Crippen LogP contribution in [0.3, 0.4) is 0 Å². The van der Waals surface area contributed by atoms with Crippen molar-refractivity contribution >= 4 is 38.3 Å². The minimum Gasteiger partial charge on any atom is -0.378 e. The Hall–Kier alpha value is -3.25. The zero-order valence-corrected chi connectivity index (χ0v) is 15.8. The van der Waals surface area contributed by atoms with Crippen molar-refractivity contribution in [3.63, 3.8) is 0 Å². The standard InChI is InChI=1S/C21H17N5S/c1-26(2)15-6-3-13(4-7-15)20-23-16-8-5-14(11-18(16)24-20)21-25-17-9-10-22-12-19(17)27-21/h3-12H,1-2H3,(H,23,24). The van der Waals surface area contributed by atoms with Crippen LogP contribution in [-0.2, 0) is 0 Å². The normalized spacial score (nSPS) is 11.3. The van der Waals surface area contributed by atoms with Gasteiger partial charge in [0.05, 0.1) is 21.3 Å². The molecule has 0 aliphatic heterocycles. The molecule has 0 saturated carbocycles. The Morgan fingerprint density at radius 2 is 1.70 bits per heavy atom. The van der Waals surface area contributed by atoms with Crippen LogP contribution in [0.15, 0.2) is 60.9 Å². The number of benzene rings is 2. The maximum absolute atomic E-state index is 4.74. The molecule has 0 saturated heterocycles. The van der Waals surface area contributed by atoms with Gasteiger partial charge in [-0.15, -0.1) is 11.3 Å². The third-order valence-electron chi connectivity index (χ3n) is 4.58. The van der Waals surface area contributed by atoms with Crippen LogP contribution in [0.25, 0.3) is 43.2 Å². The number of fused-ring (bicyclic) bond motifs is 2. The minimum absolute atomic E-state index is 0.876. The van der Waals surface area contributed by atoms with Crippen molar-refractivity contribution in [3.05, 3.63) is 60.9 Å². The number of nitrogens with one attached hydrogen (secondary N) is 1. The predicted molar refractivity (Wildman–Crippen MR) is 112 cm³/mol. The summed E-state index contributed by atoms with van der Waals surface area (Å²) in [5, 5.41) is 0.992. The zero-order chi connectivity index (χ0) is 18.4. The summed E-state index contributed by atoms with van der Waals surface area (Å²) in [6.07, 6.45) is 3.64. The number of anilines is 1. The highest BCUT2D eigenvalue weighted by molar-refractivity contribution is 7.21. The van der Waals surface area contributed by atoms with Gasteiger partial charge in [-0.1, -0.05) is 0 Å². The molecule has 0 aliphatic rings. The highest BCUT2D eigenvalue weighted by Gasteiger charge is 2.10. The summed E-state index contributed by atoms with van der Waals surface area (Å²) >= 11 is 1.65. The SMILES string of the molecule is CN(C)c1ccc(-c2nc3ccc(-c4nc5ccncc5s4)cc3[nH]2)cc1. The smallest absolute Gasteiger partial charge is 0.138 e.